The number of fused-ring (bicyclic) bond motifs is 1. The lowest BCUT2D eigenvalue weighted by Crippen LogP contribution is -2.23. The lowest BCUT2D eigenvalue weighted by molar-refractivity contribution is 0.740. The third kappa shape index (κ3) is 3.74. The summed E-state index contributed by atoms with van der Waals surface area (Å²) in [5.41, 5.74) is 6.86. The van der Waals surface area contributed by atoms with Gasteiger partial charge in [0.05, 0.1) is 6.04 Å². The molecule has 1 atom stereocenters. The van der Waals surface area contributed by atoms with E-state index < -0.39 is 0 Å². The van der Waals surface area contributed by atoms with Crippen molar-refractivity contribution in [2.45, 2.75) is 39.2 Å². The van der Waals surface area contributed by atoms with Gasteiger partial charge in [0.25, 0.3) is 0 Å². The first-order valence-electron chi connectivity index (χ1n) is 11.4. The maximum absolute atomic E-state index is 5.06. The highest BCUT2D eigenvalue weighted by atomic mass is 15.3. The van der Waals surface area contributed by atoms with E-state index in [0.717, 1.165) is 46.3 Å². The summed E-state index contributed by atoms with van der Waals surface area (Å²) >= 11 is 0. The van der Waals surface area contributed by atoms with E-state index in [1.165, 1.54) is 11.1 Å². The summed E-state index contributed by atoms with van der Waals surface area (Å²) in [6.45, 7) is 11.0. The lowest BCUT2D eigenvalue weighted by Gasteiger charge is -2.28. The molecule has 0 amide bonds. The quantitative estimate of drug-likeness (QED) is 0.369. The number of aryl methyl sites for hydroxylation is 1. The molecule has 1 aliphatic heterocycles. The summed E-state index contributed by atoms with van der Waals surface area (Å²) in [6, 6.07) is 17.2. The summed E-state index contributed by atoms with van der Waals surface area (Å²) in [5, 5.41) is 0. The smallest absolute Gasteiger partial charge is 0.161 e. The first kappa shape index (κ1) is 21.1. The van der Waals surface area contributed by atoms with Crippen molar-refractivity contribution in [2.75, 3.05) is 4.90 Å². The molecular formula is C28H29N5. The van der Waals surface area contributed by atoms with Crippen molar-refractivity contribution in [3.05, 3.63) is 96.1 Å². The number of imidazole rings is 1. The Bertz CT molecular complexity index is 1320. The summed E-state index contributed by atoms with van der Waals surface area (Å²) in [4.78, 5) is 16.5. The molecule has 0 aliphatic carbocycles. The molecule has 0 fully saturated rings. The molecule has 166 valence electrons. The Morgan fingerprint density at radius 2 is 1.73 bits per heavy atom. The number of hydrogen-bond donors (Lipinski definition) is 0. The molecule has 0 spiro atoms. The SMILES string of the molecule is C=C1Cc2cnc(-c3ccccc3C(C)C)nc2N1[C@H](C)c1ccc(-c2nccn2C)cc1. The molecule has 4 aromatic rings. The standard InChI is InChI=1S/C28H29N5/c1-18(2)24-8-6-7-9-25(24)26-30-17-23-16-19(3)33(28(23)31-26)20(4)21-10-12-22(13-11-21)27-29-14-15-32(27)5/h6-15,17-18,20H,3,16H2,1-2,4-5H3/t20-/m1/s1. The summed E-state index contributed by atoms with van der Waals surface area (Å²) < 4.78 is 2.03. The number of anilines is 1. The molecule has 0 saturated heterocycles. The Kier molecular flexibility index (Phi) is 5.33. The van der Waals surface area contributed by atoms with Crippen molar-refractivity contribution in [1.29, 1.82) is 0 Å². The van der Waals surface area contributed by atoms with Crippen molar-refractivity contribution < 1.29 is 0 Å². The van der Waals surface area contributed by atoms with Gasteiger partial charge in [0.15, 0.2) is 5.82 Å². The van der Waals surface area contributed by atoms with E-state index in [1.807, 2.05) is 30.2 Å². The van der Waals surface area contributed by atoms with Gasteiger partial charge >= 0.3 is 0 Å². The summed E-state index contributed by atoms with van der Waals surface area (Å²) in [5.74, 6) is 3.10. The second-order valence-corrected chi connectivity index (χ2v) is 9.06. The highest BCUT2D eigenvalue weighted by Crippen LogP contribution is 2.40. The van der Waals surface area contributed by atoms with Crippen LogP contribution < -0.4 is 4.90 Å². The fourth-order valence-corrected chi connectivity index (χ4v) is 4.68. The Balaban J connectivity index is 1.49. The number of allylic oxidation sites excluding steroid dienone is 1. The van der Waals surface area contributed by atoms with Crippen LogP contribution in [-0.2, 0) is 13.5 Å². The predicted octanol–water partition coefficient (Wildman–Crippen LogP) is 6.30. The van der Waals surface area contributed by atoms with Gasteiger partial charge in [-0.15, -0.1) is 0 Å². The van der Waals surface area contributed by atoms with E-state index >= 15 is 0 Å². The molecule has 2 aromatic heterocycles. The topological polar surface area (TPSA) is 46.8 Å². The number of rotatable bonds is 5. The molecule has 5 heteroatoms. The minimum atomic E-state index is 0.109. The van der Waals surface area contributed by atoms with Gasteiger partial charge in [-0.3, -0.25) is 0 Å². The summed E-state index contributed by atoms with van der Waals surface area (Å²) in [7, 11) is 2.01. The van der Waals surface area contributed by atoms with E-state index in [1.54, 1.807) is 0 Å². The van der Waals surface area contributed by atoms with Gasteiger partial charge in [-0.25, -0.2) is 15.0 Å². The number of benzene rings is 2. The third-order valence-electron chi connectivity index (χ3n) is 6.49. The summed E-state index contributed by atoms with van der Waals surface area (Å²) in [6.07, 6.45) is 6.53. The molecule has 1 aliphatic rings. The van der Waals surface area contributed by atoms with Gasteiger partial charge in [0.2, 0.25) is 0 Å². The Hall–Kier alpha value is -3.73. The van der Waals surface area contributed by atoms with Crippen LogP contribution in [0.3, 0.4) is 0 Å². The molecule has 0 radical (unpaired) electrons. The Labute approximate surface area is 195 Å². The van der Waals surface area contributed by atoms with Gasteiger partial charge < -0.3 is 9.47 Å². The van der Waals surface area contributed by atoms with Gasteiger partial charge in [-0.1, -0.05) is 69.0 Å². The molecule has 5 nitrogen and oxygen atoms in total. The van der Waals surface area contributed by atoms with E-state index in [0.29, 0.717) is 5.92 Å². The molecule has 3 heterocycles. The average molecular weight is 436 g/mol. The Morgan fingerprint density at radius 1 is 0.970 bits per heavy atom. The van der Waals surface area contributed by atoms with Crippen LogP contribution in [0.2, 0.25) is 0 Å². The van der Waals surface area contributed by atoms with Gasteiger partial charge in [0, 0.05) is 54.4 Å². The first-order valence-corrected chi connectivity index (χ1v) is 11.4. The normalized spacial score (nSPS) is 14.1. The van der Waals surface area contributed by atoms with Crippen LogP contribution in [0.25, 0.3) is 22.8 Å². The van der Waals surface area contributed by atoms with Crippen LogP contribution in [0.4, 0.5) is 5.82 Å². The van der Waals surface area contributed by atoms with Gasteiger partial charge in [-0.05, 0) is 24.0 Å². The highest BCUT2D eigenvalue weighted by Gasteiger charge is 2.30. The zero-order chi connectivity index (χ0) is 23.1. The second-order valence-electron chi connectivity index (χ2n) is 9.06. The zero-order valence-electron chi connectivity index (χ0n) is 19.7. The maximum Gasteiger partial charge on any atom is 0.161 e. The monoisotopic (exact) mass is 435 g/mol. The second kappa shape index (κ2) is 8.32. The molecule has 0 bridgehead atoms. The van der Waals surface area contributed by atoms with E-state index in [-0.39, 0.29) is 6.04 Å². The van der Waals surface area contributed by atoms with Crippen LogP contribution in [-0.4, -0.2) is 19.5 Å². The fraction of sp³-hybridized carbons (Fsp3) is 0.250. The van der Waals surface area contributed by atoms with Crippen molar-refractivity contribution in [3.8, 4) is 22.8 Å². The number of hydrogen-bond acceptors (Lipinski definition) is 4. The average Bonchev–Trinajstić information content (AvgIpc) is 3.40. The molecule has 0 saturated carbocycles. The van der Waals surface area contributed by atoms with E-state index in [2.05, 4.69) is 85.8 Å². The minimum Gasteiger partial charge on any atom is -0.334 e. The van der Waals surface area contributed by atoms with Crippen molar-refractivity contribution >= 4 is 5.82 Å². The number of aromatic nitrogens is 4. The molecule has 2 aromatic carbocycles. The van der Waals surface area contributed by atoms with Crippen LogP contribution in [0.1, 0.15) is 49.4 Å². The Morgan fingerprint density at radius 3 is 2.42 bits per heavy atom. The van der Waals surface area contributed by atoms with Crippen LogP contribution in [0, 0.1) is 0 Å². The van der Waals surface area contributed by atoms with E-state index in [9.17, 15) is 0 Å². The first-order chi connectivity index (χ1) is 15.9. The minimum absolute atomic E-state index is 0.109. The maximum atomic E-state index is 5.06. The van der Waals surface area contributed by atoms with Crippen LogP contribution in [0.15, 0.2) is 79.4 Å². The molecule has 0 N–H and O–H groups in total. The van der Waals surface area contributed by atoms with Crippen molar-refractivity contribution in [1.82, 2.24) is 19.5 Å². The fourth-order valence-electron chi connectivity index (χ4n) is 4.68. The molecule has 33 heavy (non-hydrogen) atoms. The zero-order valence-corrected chi connectivity index (χ0v) is 19.7. The van der Waals surface area contributed by atoms with Crippen molar-refractivity contribution in [3.63, 3.8) is 0 Å². The van der Waals surface area contributed by atoms with Crippen LogP contribution >= 0.6 is 0 Å². The van der Waals surface area contributed by atoms with Gasteiger partial charge in [-0.2, -0.15) is 0 Å². The largest absolute Gasteiger partial charge is 0.334 e. The molecular weight excluding hydrogens is 406 g/mol. The van der Waals surface area contributed by atoms with Crippen molar-refractivity contribution in [2.24, 2.45) is 7.05 Å². The van der Waals surface area contributed by atoms with E-state index in [4.69, 9.17) is 9.97 Å². The number of nitrogens with zero attached hydrogens (tertiary/aromatic N) is 5. The third-order valence-corrected chi connectivity index (χ3v) is 6.49. The highest BCUT2D eigenvalue weighted by molar-refractivity contribution is 5.68. The molecule has 5 rings (SSSR count). The van der Waals surface area contributed by atoms with Gasteiger partial charge in [0.1, 0.15) is 11.6 Å². The van der Waals surface area contributed by atoms with Crippen LogP contribution in [0.5, 0.6) is 0 Å². The lowest BCUT2D eigenvalue weighted by atomic mass is 9.97. The molecule has 0 unspecified atom stereocenters. The predicted molar refractivity (Wildman–Crippen MR) is 134 cm³/mol.